The molecule has 0 aliphatic carbocycles. The molecule has 1 atom stereocenters. The van der Waals surface area contributed by atoms with E-state index in [4.69, 9.17) is 5.73 Å². The Morgan fingerprint density at radius 3 is 2.25 bits per heavy atom. The van der Waals surface area contributed by atoms with Crippen molar-refractivity contribution >= 4 is 11.3 Å². The second-order valence-corrected chi connectivity index (χ2v) is 5.28. The molecule has 0 fully saturated rings. The van der Waals surface area contributed by atoms with Crippen molar-refractivity contribution in [1.29, 1.82) is 0 Å². The molecule has 2 rings (SSSR count). The van der Waals surface area contributed by atoms with Crippen LogP contribution in [0.4, 0.5) is 0 Å². The summed E-state index contributed by atoms with van der Waals surface area (Å²) in [6, 6.07) is 8.58. The first-order valence-electron chi connectivity index (χ1n) is 5.46. The molecule has 0 bridgehead atoms. The summed E-state index contributed by atoms with van der Waals surface area (Å²) in [5.74, 6) is 0. The second kappa shape index (κ2) is 4.40. The summed E-state index contributed by atoms with van der Waals surface area (Å²) in [4.78, 5) is 1.23. The van der Waals surface area contributed by atoms with E-state index in [0.717, 1.165) is 0 Å². The van der Waals surface area contributed by atoms with Gasteiger partial charge in [-0.3, -0.25) is 0 Å². The molecule has 0 saturated carbocycles. The molecule has 0 amide bonds. The second-order valence-electron chi connectivity index (χ2n) is 4.31. The van der Waals surface area contributed by atoms with Gasteiger partial charge in [0.25, 0.3) is 0 Å². The highest BCUT2D eigenvalue weighted by Crippen LogP contribution is 2.29. The van der Waals surface area contributed by atoms with Crippen LogP contribution in [0, 0.1) is 20.8 Å². The van der Waals surface area contributed by atoms with Crippen molar-refractivity contribution < 1.29 is 0 Å². The molecule has 0 saturated heterocycles. The van der Waals surface area contributed by atoms with E-state index in [1.807, 2.05) is 0 Å². The Kier molecular flexibility index (Phi) is 3.13. The molecule has 1 aromatic carbocycles. The smallest absolute Gasteiger partial charge is 0.0651 e. The van der Waals surface area contributed by atoms with Gasteiger partial charge in [0.15, 0.2) is 0 Å². The highest BCUT2D eigenvalue weighted by Gasteiger charge is 2.14. The molecule has 84 valence electrons. The molecule has 0 aliphatic heterocycles. The van der Waals surface area contributed by atoms with Crippen LogP contribution in [0.2, 0.25) is 0 Å². The van der Waals surface area contributed by atoms with Crippen LogP contribution in [0.5, 0.6) is 0 Å². The zero-order chi connectivity index (χ0) is 11.7. The molecule has 1 aromatic heterocycles. The number of rotatable bonds is 2. The van der Waals surface area contributed by atoms with E-state index in [1.165, 1.54) is 27.1 Å². The lowest BCUT2D eigenvalue weighted by Gasteiger charge is -2.17. The van der Waals surface area contributed by atoms with Crippen LogP contribution in [0.1, 0.15) is 33.2 Å². The van der Waals surface area contributed by atoms with Gasteiger partial charge < -0.3 is 5.73 Å². The van der Waals surface area contributed by atoms with Crippen LogP contribution in [0.25, 0.3) is 0 Å². The van der Waals surface area contributed by atoms with Gasteiger partial charge in [0.2, 0.25) is 0 Å². The maximum Gasteiger partial charge on any atom is 0.0651 e. The van der Waals surface area contributed by atoms with Crippen molar-refractivity contribution in [3.05, 3.63) is 56.8 Å². The first kappa shape index (κ1) is 11.4. The van der Waals surface area contributed by atoms with Gasteiger partial charge in [-0.15, -0.1) is 11.3 Å². The Bertz CT molecular complexity index is 462. The summed E-state index contributed by atoms with van der Waals surface area (Å²) in [7, 11) is 0. The van der Waals surface area contributed by atoms with Crippen molar-refractivity contribution in [3.63, 3.8) is 0 Å². The largest absolute Gasteiger partial charge is 0.320 e. The predicted molar refractivity (Wildman–Crippen MR) is 71.0 cm³/mol. The van der Waals surface area contributed by atoms with Crippen molar-refractivity contribution in [3.8, 4) is 0 Å². The number of benzene rings is 1. The normalized spacial score (nSPS) is 12.8. The van der Waals surface area contributed by atoms with Gasteiger partial charge >= 0.3 is 0 Å². The minimum absolute atomic E-state index is 0.0144. The first-order chi connectivity index (χ1) is 7.59. The molecule has 1 nitrogen and oxygen atoms in total. The van der Waals surface area contributed by atoms with Crippen LogP contribution >= 0.6 is 11.3 Å². The van der Waals surface area contributed by atoms with Gasteiger partial charge in [0, 0.05) is 4.88 Å². The van der Waals surface area contributed by atoms with Crippen LogP contribution in [0.3, 0.4) is 0 Å². The van der Waals surface area contributed by atoms with Crippen LogP contribution in [-0.2, 0) is 0 Å². The summed E-state index contributed by atoms with van der Waals surface area (Å²) < 4.78 is 0. The van der Waals surface area contributed by atoms with E-state index in [2.05, 4.69) is 50.4 Å². The van der Waals surface area contributed by atoms with E-state index >= 15 is 0 Å². The predicted octanol–water partition coefficient (Wildman–Crippen LogP) is 3.72. The minimum Gasteiger partial charge on any atom is -0.320 e. The molecule has 2 N–H and O–H groups in total. The molecule has 1 heterocycles. The summed E-state index contributed by atoms with van der Waals surface area (Å²) >= 11 is 1.72. The van der Waals surface area contributed by atoms with Crippen molar-refractivity contribution in [2.75, 3.05) is 0 Å². The highest BCUT2D eigenvalue weighted by atomic mass is 32.1. The van der Waals surface area contributed by atoms with Gasteiger partial charge in [-0.05, 0) is 48.9 Å². The lowest BCUT2D eigenvalue weighted by molar-refractivity contribution is 0.870. The Labute approximate surface area is 101 Å². The summed E-state index contributed by atoms with van der Waals surface area (Å²) in [5, 5.41) is 2.08. The fraction of sp³-hybridized carbons (Fsp3) is 0.286. The summed E-state index contributed by atoms with van der Waals surface area (Å²) in [6.07, 6.45) is 0. The quantitative estimate of drug-likeness (QED) is 0.837. The number of thiophene rings is 1. The molecular weight excluding hydrogens is 214 g/mol. The topological polar surface area (TPSA) is 26.0 Å². The van der Waals surface area contributed by atoms with Crippen LogP contribution in [-0.4, -0.2) is 0 Å². The van der Waals surface area contributed by atoms with Gasteiger partial charge in [-0.25, -0.2) is 0 Å². The van der Waals surface area contributed by atoms with E-state index in [-0.39, 0.29) is 6.04 Å². The monoisotopic (exact) mass is 231 g/mol. The summed E-state index contributed by atoms with van der Waals surface area (Å²) in [6.45, 7) is 6.41. The van der Waals surface area contributed by atoms with Crippen LogP contribution < -0.4 is 5.73 Å². The molecule has 0 unspecified atom stereocenters. The van der Waals surface area contributed by atoms with Gasteiger partial charge in [-0.1, -0.05) is 23.8 Å². The Morgan fingerprint density at radius 1 is 1.12 bits per heavy atom. The SMILES string of the molecule is Cc1cc(C)c([C@H](N)c2cccs2)c(C)c1. The molecule has 0 radical (unpaired) electrons. The number of hydrogen-bond acceptors (Lipinski definition) is 2. The maximum atomic E-state index is 6.32. The third-order valence-corrected chi connectivity index (χ3v) is 3.85. The fourth-order valence-corrected chi connectivity index (χ4v) is 3.03. The van der Waals surface area contributed by atoms with E-state index in [1.54, 1.807) is 11.3 Å². The van der Waals surface area contributed by atoms with Gasteiger partial charge in [0.05, 0.1) is 6.04 Å². The standard InChI is InChI=1S/C14H17NS/c1-9-7-10(2)13(11(3)8-9)14(15)12-5-4-6-16-12/h4-8,14H,15H2,1-3H3/t14-/m1/s1. The molecule has 0 aliphatic rings. The van der Waals surface area contributed by atoms with Crippen LogP contribution in [0.15, 0.2) is 29.6 Å². The van der Waals surface area contributed by atoms with Crippen molar-refractivity contribution in [2.24, 2.45) is 5.73 Å². The number of nitrogens with two attached hydrogens (primary N) is 1. The highest BCUT2D eigenvalue weighted by molar-refractivity contribution is 7.10. The Balaban J connectivity index is 2.48. The van der Waals surface area contributed by atoms with Crippen molar-refractivity contribution in [1.82, 2.24) is 0 Å². The maximum absolute atomic E-state index is 6.32. The Hall–Kier alpha value is -1.12. The third-order valence-electron chi connectivity index (χ3n) is 2.90. The number of aryl methyl sites for hydroxylation is 3. The lowest BCUT2D eigenvalue weighted by atomic mass is 9.94. The lowest BCUT2D eigenvalue weighted by Crippen LogP contribution is -2.13. The minimum atomic E-state index is 0.0144. The van der Waals surface area contributed by atoms with Crippen molar-refractivity contribution in [2.45, 2.75) is 26.8 Å². The number of hydrogen-bond donors (Lipinski definition) is 1. The molecule has 16 heavy (non-hydrogen) atoms. The van der Waals surface area contributed by atoms with Gasteiger partial charge in [0.1, 0.15) is 0 Å². The first-order valence-corrected chi connectivity index (χ1v) is 6.34. The molecular formula is C14H17NS. The average molecular weight is 231 g/mol. The van der Waals surface area contributed by atoms with E-state index in [9.17, 15) is 0 Å². The fourth-order valence-electron chi connectivity index (χ4n) is 2.29. The molecule has 0 spiro atoms. The van der Waals surface area contributed by atoms with E-state index < -0.39 is 0 Å². The average Bonchev–Trinajstić information content (AvgIpc) is 2.67. The zero-order valence-electron chi connectivity index (χ0n) is 9.95. The molecule has 2 aromatic rings. The zero-order valence-corrected chi connectivity index (χ0v) is 10.8. The van der Waals surface area contributed by atoms with E-state index in [0.29, 0.717) is 0 Å². The van der Waals surface area contributed by atoms with Gasteiger partial charge in [-0.2, -0.15) is 0 Å². The molecule has 2 heteroatoms. The Morgan fingerprint density at radius 2 is 1.75 bits per heavy atom. The summed E-state index contributed by atoms with van der Waals surface area (Å²) in [5.41, 5.74) is 11.5. The third kappa shape index (κ3) is 2.04.